The van der Waals surface area contributed by atoms with Gasteiger partial charge in [-0.25, -0.2) is 13.1 Å². The van der Waals surface area contributed by atoms with Gasteiger partial charge in [-0.15, -0.1) is 0 Å². The number of rotatable bonds is 12. The van der Waals surface area contributed by atoms with Gasteiger partial charge in [0, 0.05) is 37.5 Å². The third kappa shape index (κ3) is 7.66. The third-order valence-corrected chi connectivity index (χ3v) is 8.33. The molecule has 1 saturated carbocycles. The summed E-state index contributed by atoms with van der Waals surface area (Å²) in [4.78, 5) is 28.4. The molecule has 3 aromatic carbocycles. The molecule has 1 fully saturated rings. The average Bonchev–Trinajstić information content (AvgIpc) is 3.74. The van der Waals surface area contributed by atoms with Crippen molar-refractivity contribution < 1.29 is 18.0 Å². The molecule has 0 saturated heterocycles. The number of nitrogens with zero attached hydrogens (tertiary/aromatic N) is 1. The number of likely N-dealkylation sites (N-methyl/N-ethyl adjacent to an activating group) is 1. The lowest BCUT2D eigenvalue weighted by Crippen LogP contribution is -2.49. The summed E-state index contributed by atoms with van der Waals surface area (Å²) in [6.45, 7) is 0.255. The van der Waals surface area contributed by atoms with Gasteiger partial charge in [0.25, 0.3) is 0 Å². The van der Waals surface area contributed by atoms with Crippen LogP contribution in [0.25, 0.3) is 0 Å². The van der Waals surface area contributed by atoms with E-state index >= 15 is 0 Å². The van der Waals surface area contributed by atoms with E-state index in [4.69, 9.17) is 11.6 Å². The zero-order valence-electron chi connectivity index (χ0n) is 21.3. The SMILES string of the molecule is CNC(=O)C(Cc1ccccc1)N(Cc1ccc(Cl)cc1)C(=O)CCc1ccc(S(=O)(=O)NC2CC2)cc1. The number of hydrogen-bond donors (Lipinski definition) is 2. The zero-order chi connectivity index (χ0) is 27.1. The number of carbonyl (C=O) groups is 2. The van der Waals surface area contributed by atoms with E-state index in [2.05, 4.69) is 10.0 Å². The monoisotopic (exact) mass is 553 g/mol. The summed E-state index contributed by atoms with van der Waals surface area (Å²) >= 11 is 6.05. The number of carbonyl (C=O) groups excluding carboxylic acids is 2. The first-order valence-electron chi connectivity index (χ1n) is 12.7. The van der Waals surface area contributed by atoms with E-state index in [-0.39, 0.29) is 35.7 Å². The van der Waals surface area contributed by atoms with Crippen LogP contribution in [-0.2, 0) is 39.0 Å². The van der Waals surface area contributed by atoms with Gasteiger partial charge >= 0.3 is 0 Å². The number of halogens is 1. The maximum atomic E-state index is 13.6. The number of benzene rings is 3. The number of amides is 2. The van der Waals surface area contributed by atoms with E-state index in [0.29, 0.717) is 17.9 Å². The molecule has 1 atom stereocenters. The standard InChI is InChI=1S/C29H32ClN3O4S/c1-31-29(35)27(19-22-5-3-2-4-6-22)33(20-23-7-12-24(30)13-8-23)28(34)18-11-21-9-16-26(17-10-21)38(36,37)32-25-14-15-25/h2-10,12-13,16-17,25,27,32H,11,14-15,18-20H2,1H3,(H,31,35). The molecule has 4 rings (SSSR count). The van der Waals surface area contributed by atoms with E-state index in [0.717, 1.165) is 29.5 Å². The van der Waals surface area contributed by atoms with Gasteiger partial charge in [0.15, 0.2) is 0 Å². The minimum absolute atomic E-state index is 0.0353. The molecule has 1 unspecified atom stereocenters. The molecule has 0 heterocycles. The van der Waals surface area contributed by atoms with Gasteiger partial charge in [0.05, 0.1) is 4.90 Å². The van der Waals surface area contributed by atoms with Crippen LogP contribution in [0.1, 0.15) is 36.0 Å². The molecule has 2 N–H and O–H groups in total. The van der Waals surface area contributed by atoms with Crippen LogP contribution in [0.4, 0.5) is 0 Å². The second kappa shape index (κ2) is 12.6. The Morgan fingerprint density at radius 3 is 2.16 bits per heavy atom. The quantitative estimate of drug-likeness (QED) is 0.353. The van der Waals surface area contributed by atoms with Crippen molar-refractivity contribution in [2.24, 2.45) is 0 Å². The highest BCUT2D eigenvalue weighted by molar-refractivity contribution is 7.89. The van der Waals surface area contributed by atoms with Crippen LogP contribution in [0.3, 0.4) is 0 Å². The Bertz CT molecular complexity index is 1340. The van der Waals surface area contributed by atoms with Crippen molar-refractivity contribution in [3.05, 3.63) is 101 Å². The second-order valence-electron chi connectivity index (χ2n) is 9.51. The van der Waals surface area contributed by atoms with Crippen molar-refractivity contribution in [3.8, 4) is 0 Å². The van der Waals surface area contributed by atoms with Crippen LogP contribution in [0.2, 0.25) is 5.02 Å². The Morgan fingerprint density at radius 2 is 1.55 bits per heavy atom. The van der Waals surface area contributed by atoms with Gasteiger partial charge in [-0.3, -0.25) is 9.59 Å². The van der Waals surface area contributed by atoms with Crippen LogP contribution in [0, 0.1) is 0 Å². The van der Waals surface area contributed by atoms with Crippen LogP contribution < -0.4 is 10.0 Å². The van der Waals surface area contributed by atoms with Gasteiger partial charge in [-0.1, -0.05) is 66.2 Å². The number of aryl methyl sites for hydroxylation is 1. The molecule has 200 valence electrons. The van der Waals surface area contributed by atoms with Gasteiger partial charge in [0.1, 0.15) is 6.04 Å². The normalized spacial score (nSPS) is 14.1. The average molecular weight is 554 g/mol. The Hall–Kier alpha value is -3.20. The van der Waals surface area contributed by atoms with E-state index in [1.165, 1.54) is 0 Å². The van der Waals surface area contributed by atoms with E-state index < -0.39 is 16.1 Å². The molecule has 0 bridgehead atoms. The smallest absolute Gasteiger partial charge is 0.242 e. The number of nitrogens with one attached hydrogen (secondary N) is 2. The Morgan fingerprint density at radius 1 is 0.921 bits per heavy atom. The highest BCUT2D eigenvalue weighted by Gasteiger charge is 2.30. The van der Waals surface area contributed by atoms with Gasteiger partial charge in [-0.05, 0) is 60.2 Å². The lowest BCUT2D eigenvalue weighted by molar-refractivity contribution is -0.141. The maximum Gasteiger partial charge on any atom is 0.242 e. The van der Waals surface area contributed by atoms with Crippen molar-refractivity contribution in [2.45, 2.75) is 55.6 Å². The molecular formula is C29H32ClN3O4S. The predicted octanol–water partition coefficient (Wildman–Crippen LogP) is 4.10. The molecule has 1 aliphatic carbocycles. The molecule has 2 amide bonds. The van der Waals surface area contributed by atoms with Gasteiger partial charge in [-0.2, -0.15) is 0 Å². The number of hydrogen-bond acceptors (Lipinski definition) is 4. The Labute approximate surface area is 229 Å². The molecule has 38 heavy (non-hydrogen) atoms. The van der Waals surface area contributed by atoms with Gasteiger partial charge in [0.2, 0.25) is 21.8 Å². The summed E-state index contributed by atoms with van der Waals surface area (Å²) in [6.07, 6.45) is 2.70. The second-order valence-corrected chi connectivity index (χ2v) is 11.7. The summed E-state index contributed by atoms with van der Waals surface area (Å²) < 4.78 is 27.6. The summed E-state index contributed by atoms with van der Waals surface area (Å²) in [5.74, 6) is -0.412. The van der Waals surface area contributed by atoms with Crippen molar-refractivity contribution in [2.75, 3.05) is 7.05 Å². The number of sulfonamides is 1. The van der Waals surface area contributed by atoms with E-state index in [1.54, 1.807) is 48.3 Å². The molecule has 9 heteroatoms. The van der Waals surface area contributed by atoms with Crippen molar-refractivity contribution in [3.63, 3.8) is 0 Å². The molecule has 7 nitrogen and oxygen atoms in total. The summed E-state index contributed by atoms with van der Waals surface area (Å²) in [5.41, 5.74) is 2.66. The highest BCUT2D eigenvalue weighted by atomic mass is 35.5. The zero-order valence-corrected chi connectivity index (χ0v) is 22.8. The summed E-state index contributed by atoms with van der Waals surface area (Å²) in [5, 5.41) is 3.30. The van der Waals surface area contributed by atoms with Crippen molar-refractivity contribution in [1.29, 1.82) is 0 Å². The van der Waals surface area contributed by atoms with Crippen LogP contribution >= 0.6 is 11.6 Å². The fourth-order valence-corrected chi connectivity index (χ4v) is 5.66. The first kappa shape index (κ1) is 27.8. The lowest BCUT2D eigenvalue weighted by atomic mass is 10.0. The first-order chi connectivity index (χ1) is 18.2. The third-order valence-electron chi connectivity index (χ3n) is 6.54. The van der Waals surface area contributed by atoms with E-state index in [1.807, 2.05) is 42.5 Å². The first-order valence-corrected chi connectivity index (χ1v) is 14.5. The van der Waals surface area contributed by atoms with E-state index in [9.17, 15) is 18.0 Å². The van der Waals surface area contributed by atoms with Crippen LogP contribution in [-0.4, -0.2) is 44.3 Å². The molecule has 3 aromatic rings. The molecule has 0 spiro atoms. The molecule has 0 aromatic heterocycles. The minimum atomic E-state index is -3.53. The van der Waals surface area contributed by atoms with Crippen molar-refractivity contribution in [1.82, 2.24) is 14.9 Å². The molecular weight excluding hydrogens is 522 g/mol. The van der Waals surface area contributed by atoms with Crippen molar-refractivity contribution >= 4 is 33.4 Å². The van der Waals surface area contributed by atoms with Crippen LogP contribution in [0.15, 0.2) is 83.8 Å². The molecule has 0 aliphatic heterocycles. The highest BCUT2D eigenvalue weighted by Crippen LogP contribution is 2.23. The topological polar surface area (TPSA) is 95.6 Å². The molecule has 0 radical (unpaired) electrons. The fraction of sp³-hybridized carbons (Fsp3) is 0.310. The maximum absolute atomic E-state index is 13.6. The fourth-order valence-electron chi connectivity index (χ4n) is 4.23. The Kier molecular flexibility index (Phi) is 9.20. The predicted molar refractivity (Wildman–Crippen MR) is 148 cm³/mol. The lowest BCUT2D eigenvalue weighted by Gasteiger charge is -2.31. The van der Waals surface area contributed by atoms with Gasteiger partial charge < -0.3 is 10.2 Å². The largest absolute Gasteiger partial charge is 0.357 e. The summed E-state index contributed by atoms with van der Waals surface area (Å²) in [6, 6.07) is 22.8. The van der Waals surface area contributed by atoms with Crippen LogP contribution in [0.5, 0.6) is 0 Å². The summed E-state index contributed by atoms with van der Waals surface area (Å²) in [7, 11) is -1.96. The molecule has 1 aliphatic rings. The Balaban J connectivity index is 1.51. The minimum Gasteiger partial charge on any atom is -0.357 e.